The lowest BCUT2D eigenvalue weighted by molar-refractivity contribution is 0.723. The minimum atomic E-state index is 1.02. The van der Waals surface area contributed by atoms with E-state index in [4.69, 9.17) is 0 Å². The normalized spacial score (nSPS) is 17.0. The Hall–Kier alpha value is -1.08. The van der Waals surface area contributed by atoms with E-state index in [0.717, 1.165) is 19.5 Å². The summed E-state index contributed by atoms with van der Waals surface area (Å²) in [5.74, 6) is 0. The maximum absolute atomic E-state index is 3.41. The average Bonchev–Trinajstić information content (AvgIpc) is 2.57. The monoisotopic (exact) mass is 201 g/mol. The summed E-state index contributed by atoms with van der Waals surface area (Å²) in [6, 6.07) is 8.79. The maximum Gasteiger partial charge on any atom is 0.0140 e. The standard InChI is InChI=1S/C14H19N/c1-2-12-6-3-4-8-14(12)13-7-5-10-15-11-9-13/h3-4,6,8-9,15H,2,5,7,10-11H2,1H3. The van der Waals surface area contributed by atoms with Gasteiger partial charge in [0.25, 0.3) is 0 Å². The zero-order chi connectivity index (χ0) is 10.5. The molecule has 0 fully saturated rings. The van der Waals surface area contributed by atoms with E-state index in [2.05, 4.69) is 42.6 Å². The van der Waals surface area contributed by atoms with Crippen LogP contribution < -0.4 is 5.32 Å². The summed E-state index contributed by atoms with van der Waals surface area (Å²) in [5.41, 5.74) is 4.46. The van der Waals surface area contributed by atoms with Crippen molar-refractivity contribution in [3.05, 3.63) is 41.5 Å². The second kappa shape index (κ2) is 5.13. The number of benzene rings is 1. The van der Waals surface area contributed by atoms with Crippen LogP contribution in [0.5, 0.6) is 0 Å². The Morgan fingerprint density at radius 1 is 1.27 bits per heavy atom. The molecule has 1 heteroatoms. The smallest absolute Gasteiger partial charge is 0.0140 e. The molecule has 0 amide bonds. The minimum Gasteiger partial charge on any atom is -0.313 e. The molecule has 1 aromatic carbocycles. The third-order valence-corrected chi connectivity index (χ3v) is 3.04. The van der Waals surface area contributed by atoms with Gasteiger partial charge in [0.2, 0.25) is 0 Å². The van der Waals surface area contributed by atoms with Gasteiger partial charge in [-0.2, -0.15) is 0 Å². The topological polar surface area (TPSA) is 12.0 Å². The lowest BCUT2D eigenvalue weighted by Crippen LogP contribution is -2.12. The molecule has 0 bridgehead atoms. The Balaban J connectivity index is 2.30. The molecule has 80 valence electrons. The van der Waals surface area contributed by atoms with Gasteiger partial charge in [0.05, 0.1) is 0 Å². The fraction of sp³-hybridized carbons (Fsp3) is 0.429. The van der Waals surface area contributed by atoms with Crippen LogP contribution in [0.1, 0.15) is 30.9 Å². The highest BCUT2D eigenvalue weighted by atomic mass is 14.8. The molecule has 1 N–H and O–H groups in total. The lowest BCUT2D eigenvalue weighted by atomic mass is 9.95. The van der Waals surface area contributed by atoms with E-state index < -0.39 is 0 Å². The molecule has 0 aliphatic carbocycles. The number of aryl methyl sites for hydroxylation is 1. The second-order valence-electron chi connectivity index (χ2n) is 4.05. The van der Waals surface area contributed by atoms with Gasteiger partial charge < -0.3 is 5.32 Å². The van der Waals surface area contributed by atoms with Crippen LogP contribution in [0.2, 0.25) is 0 Å². The third kappa shape index (κ3) is 2.48. The first kappa shape index (κ1) is 10.4. The minimum absolute atomic E-state index is 1.02. The summed E-state index contributed by atoms with van der Waals surface area (Å²) in [4.78, 5) is 0. The van der Waals surface area contributed by atoms with Crippen molar-refractivity contribution >= 4 is 5.57 Å². The van der Waals surface area contributed by atoms with Crippen molar-refractivity contribution in [3.63, 3.8) is 0 Å². The van der Waals surface area contributed by atoms with Gasteiger partial charge in [0.1, 0.15) is 0 Å². The molecule has 1 nitrogen and oxygen atoms in total. The first-order valence-electron chi connectivity index (χ1n) is 5.90. The summed E-state index contributed by atoms with van der Waals surface area (Å²) < 4.78 is 0. The predicted octanol–water partition coefficient (Wildman–Crippen LogP) is 3.02. The maximum atomic E-state index is 3.41. The number of allylic oxidation sites excluding steroid dienone is 1. The number of hydrogen-bond acceptors (Lipinski definition) is 1. The summed E-state index contributed by atoms with van der Waals surface area (Å²) in [5, 5.41) is 3.41. The lowest BCUT2D eigenvalue weighted by Gasteiger charge is -2.10. The molecule has 0 unspecified atom stereocenters. The van der Waals surface area contributed by atoms with Crippen molar-refractivity contribution in [3.8, 4) is 0 Å². The molecule has 0 spiro atoms. The van der Waals surface area contributed by atoms with Gasteiger partial charge in [0.15, 0.2) is 0 Å². The molecule has 0 aromatic heterocycles. The van der Waals surface area contributed by atoms with Crippen LogP contribution in [0.25, 0.3) is 5.57 Å². The number of nitrogens with one attached hydrogen (secondary N) is 1. The molecule has 15 heavy (non-hydrogen) atoms. The number of rotatable bonds is 2. The third-order valence-electron chi connectivity index (χ3n) is 3.04. The highest BCUT2D eigenvalue weighted by Gasteiger charge is 2.07. The van der Waals surface area contributed by atoms with Gasteiger partial charge >= 0.3 is 0 Å². The largest absolute Gasteiger partial charge is 0.313 e. The van der Waals surface area contributed by atoms with E-state index in [1.165, 1.54) is 29.5 Å². The van der Waals surface area contributed by atoms with Crippen molar-refractivity contribution in [2.75, 3.05) is 13.1 Å². The highest BCUT2D eigenvalue weighted by Crippen LogP contribution is 2.24. The van der Waals surface area contributed by atoms with E-state index >= 15 is 0 Å². The SMILES string of the molecule is CCc1ccccc1C1=CCNCCC1. The first-order chi connectivity index (χ1) is 7.42. The molecular formula is C14H19N. The molecule has 0 atom stereocenters. The predicted molar refractivity (Wildman–Crippen MR) is 65.9 cm³/mol. The Morgan fingerprint density at radius 3 is 3.00 bits per heavy atom. The fourth-order valence-electron chi connectivity index (χ4n) is 2.19. The summed E-state index contributed by atoms with van der Waals surface area (Å²) in [6.07, 6.45) is 5.94. The van der Waals surface area contributed by atoms with Crippen molar-refractivity contribution in [1.29, 1.82) is 0 Å². The average molecular weight is 201 g/mol. The van der Waals surface area contributed by atoms with Crippen LogP contribution in [-0.2, 0) is 6.42 Å². The molecule has 0 saturated heterocycles. The molecular weight excluding hydrogens is 182 g/mol. The van der Waals surface area contributed by atoms with Gasteiger partial charge in [0, 0.05) is 6.54 Å². The van der Waals surface area contributed by atoms with Crippen LogP contribution in [-0.4, -0.2) is 13.1 Å². The molecule has 1 aromatic rings. The zero-order valence-corrected chi connectivity index (χ0v) is 9.42. The van der Waals surface area contributed by atoms with Crippen LogP contribution in [0, 0.1) is 0 Å². The Labute approximate surface area is 92.2 Å². The van der Waals surface area contributed by atoms with Crippen LogP contribution >= 0.6 is 0 Å². The molecule has 0 radical (unpaired) electrons. The zero-order valence-electron chi connectivity index (χ0n) is 9.42. The van der Waals surface area contributed by atoms with Gasteiger partial charge in [-0.25, -0.2) is 0 Å². The Morgan fingerprint density at radius 2 is 2.13 bits per heavy atom. The molecule has 1 aliphatic heterocycles. The molecule has 2 rings (SSSR count). The summed E-state index contributed by atoms with van der Waals surface area (Å²) in [6.45, 7) is 4.40. The van der Waals surface area contributed by atoms with E-state index in [0.29, 0.717) is 0 Å². The van der Waals surface area contributed by atoms with Gasteiger partial charge in [-0.05, 0) is 42.5 Å². The van der Waals surface area contributed by atoms with E-state index in [1.54, 1.807) is 0 Å². The van der Waals surface area contributed by atoms with Crippen LogP contribution in [0.3, 0.4) is 0 Å². The van der Waals surface area contributed by atoms with E-state index in [-0.39, 0.29) is 0 Å². The van der Waals surface area contributed by atoms with E-state index in [1.807, 2.05) is 0 Å². The first-order valence-corrected chi connectivity index (χ1v) is 5.90. The van der Waals surface area contributed by atoms with Crippen molar-refractivity contribution in [2.45, 2.75) is 26.2 Å². The Bertz CT molecular complexity index is 352. The van der Waals surface area contributed by atoms with Gasteiger partial charge in [-0.1, -0.05) is 37.3 Å². The molecule has 1 heterocycles. The van der Waals surface area contributed by atoms with Crippen LogP contribution in [0.4, 0.5) is 0 Å². The van der Waals surface area contributed by atoms with Crippen molar-refractivity contribution < 1.29 is 0 Å². The number of hydrogen-bond donors (Lipinski definition) is 1. The van der Waals surface area contributed by atoms with Gasteiger partial charge in [-0.3, -0.25) is 0 Å². The quantitative estimate of drug-likeness (QED) is 0.775. The Kier molecular flexibility index (Phi) is 3.57. The van der Waals surface area contributed by atoms with Crippen molar-refractivity contribution in [1.82, 2.24) is 5.32 Å². The van der Waals surface area contributed by atoms with Crippen molar-refractivity contribution in [2.24, 2.45) is 0 Å². The summed E-state index contributed by atoms with van der Waals surface area (Å²) >= 11 is 0. The van der Waals surface area contributed by atoms with Crippen LogP contribution in [0.15, 0.2) is 30.3 Å². The fourth-order valence-corrected chi connectivity index (χ4v) is 2.19. The second-order valence-corrected chi connectivity index (χ2v) is 4.05. The summed E-state index contributed by atoms with van der Waals surface area (Å²) in [7, 11) is 0. The van der Waals surface area contributed by atoms with E-state index in [9.17, 15) is 0 Å². The van der Waals surface area contributed by atoms with Gasteiger partial charge in [-0.15, -0.1) is 0 Å². The molecule has 1 aliphatic rings. The molecule has 0 saturated carbocycles. The highest BCUT2D eigenvalue weighted by molar-refractivity contribution is 5.68.